The van der Waals surface area contributed by atoms with E-state index in [1.807, 2.05) is 32.0 Å². The molecule has 1 aromatic carbocycles. The second-order valence-corrected chi connectivity index (χ2v) is 3.41. The van der Waals surface area contributed by atoms with Crippen molar-refractivity contribution in [2.75, 3.05) is 0 Å². The van der Waals surface area contributed by atoms with Crippen LogP contribution in [0, 0.1) is 11.3 Å². The van der Waals surface area contributed by atoms with E-state index >= 15 is 0 Å². The molecule has 0 fully saturated rings. The first-order chi connectivity index (χ1) is 5.54. The Morgan fingerprint density at radius 2 is 2.00 bits per heavy atom. The highest BCUT2D eigenvalue weighted by molar-refractivity contribution is 5.85. The van der Waals surface area contributed by atoms with Crippen LogP contribution in [0.4, 0.5) is 0 Å². The molecule has 0 amide bonds. The number of nitrogens with two attached hydrogens (primary N) is 1. The Kier molecular flexibility index (Phi) is 3.93. The maximum Gasteiger partial charge on any atom is 0.0991 e. The summed E-state index contributed by atoms with van der Waals surface area (Å²) in [6.45, 7) is 3.84. The van der Waals surface area contributed by atoms with Crippen LogP contribution in [0.5, 0.6) is 0 Å². The lowest BCUT2D eigenvalue weighted by Crippen LogP contribution is -2.28. The van der Waals surface area contributed by atoms with E-state index in [0.29, 0.717) is 5.56 Å². The summed E-state index contributed by atoms with van der Waals surface area (Å²) in [6, 6.07) is 9.46. The quantitative estimate of drug-likeness (QED) is 0.749. The topological polar surface area (TPSA) is 49.8 Å². The van der Waals surface area contributed by atoms with Crippen molar-refractivity contribution in [3.63, 3.8) is 0 Å². The predicted molar refractivity (Wildman–Crippen MR) is 55.6 cm³/mol. The molecule has 0 aliphatic heterocycles. The second kappa shape index (κ2) is 4.27. The number of hydrogen-bond acceptors (Lipinski definition) is 2. The summed E-state index contributed by atoms with van der Waals surface area (Å²) in [6.07, 6.45) is 0. The number of nitrogens with zero attached hydrogens (tertiary/aromatic N) is 1. The van der Waals surface area contributed by atoms with Gasteiger partial charge in [0.05, 0.1) is 11.6 Å². The van der Waals surface area contributed by atoms with Crippen molar-refractivity contribution in [3.05, 3.63) is 35.4 Å². The Morgan fingerprint density at radius 1 is 1.38 bits per heavy atom. The molecule has 2 nitrogen and oxygen atoms in total. The molecular weight excluding hydrogens is 184 g/mol. The molecule has 0 atom stereocenters. The van der Waals surface area contributed by atoms with E-state index in [4.69, 9.17) is 11.0 Å². The summed E-state index contributed by atoms with van der Waals surface area (Å²) in [5, 5.41) is 8.64. The van der Waals surface area contributed by atoms with Gasteiger partial charge in [-0.2, -0.15) is 5.26 Å². The van der Waals surface area contributed by atoms with Crippen LogP contribution in [0.25, 0.3) is 0 Å². The van der Waals surface area contributed by atoms with Crippen molar-refractivity contribution in [2.24, 2.45) is 5.73 Å². The van der Waals surface area contributed by atoms with Crippen molar-refractivity contribution in [1.82, 2.24) is 0 Å². The first-order valence-electron chi connectivity index (χ1n) is 3.83. The molecule has 3 heteroatoms. The lowest BCUT2D eigenvalue weighted by Gasteiger charge is -2.18. The first-order valence-corrected chi connectivity index (χ1v) is 3.83. The van der Waals surface area contributed by atoms with E-state index in [1.165, 1.54) is 0 Å². The Balaban J connectivity index is 0.00000144. The van der Waals surface area contributed by atoms with E-state index in [2.05, 4.69) is 6.07 Å². The molecule has 0 bridgehead atoms. The molecule has 0 aliphatic carbocycles. The number of hydrogen-bond donors (Lipinski definition) is 1. The Morgan fingerprint density at radius 3 is 2.46 bits per heavy atom. The monoisotopic (exact) mass is 196 g/mol. The standard InChI is InChI=1S/C10H12N2.ClH/c1-10(2,12)9-5-3-4-8(6-9)7-11;/h3-6H,12H2,1-2H3;1H. The van der Waals surface area contributed by atoms with Crippen LogP contribution in [-0.4, -0.2) is 0 Å². The molecule has 0 aromatic heterocycles. The van der Waals surface area contributed by atoms with Crippen LogP contribution in [0.2, 0.25) is 0 Å². The number of nitriles is 1. The maximum atomic E-state index is 8.64. The fraction of sp³-hybridized carbons (Fsp3) is 0.300. The number of rotatable bonds is 1. The van der Waals surface area contributed by atoms with Gasteiger partial charge in [-0.3, -0.25) is 0 Å². The molecule has 0 saturated carbocycles. The molecule has 1 rings (SSSR count). The molecule has 13 heavy (non-hydrogen) atoms. The van der Waals surface area contributed by atoms with Gasteiger partial charge in [0.25, 0.3) is 0 Å². The molecule has 0 spiro atoms. The first kappa shape index (κ1) is 12.0. The Hall–Kier alpha value is -1.04. The number of halogens is 1. The van der Waals surface area contributed by atoms with Crippen molar-refractivity contribution in [1.29, 1.82) is 5.26 Å². The fourth-order valence-electron chi connectivity index (χ4n) is 0.990. The fourth-order valence-corrected chi connectivity index (χ4v) is 0.990. The van der Waals surface area contributed by atoms with Gasteiger partial charge in [-0.1, -0.05) is 12.1 Å². The summed E-state index contributed by atoms with van der Waals surface area (Å²) in [5.74, 6) is 0. The zero-order valence-corrected chi connectivity index (χ0v) is 8.56. The summed E-state index contributed by atoms with van der Waals surface area (Å²) >= 11 is 0. The molecule has 70 valence electrons. The molecule has 2 N–H and O–H groups in total. The average Bonchev–Trinajstić information content (AvgIpc) is 2.03. The average molecular weight is 197 g/mol. The lowest BCUT2D eigenvalue weighted by molar-refractivity contribution is 0.554. The van der Waals surface area contributed by atoms with E-state index in [-0.39, 0.29) is 17.9 Å². The third kappa shape index (κ3) is 3.06. The summed E-state index contributed by atoms with van der Waals surface area (Å²) in [4.78, 5) is 0. The van der Waals surface area contributed by atoms with Crippen molar-refractivity contribution >= 4 is 12.4 Å². The minimum absolute atomic E-state index is 0. The SMILES string of the molecule is CC(C)(N)c1cccc(C#N)c1.Cl. The highest BCUT2D eigenvalue weighted by atomic mass is 35.5. The van der Waals surface area contributed by atoms with Gasteiger partial charge in [0.1, 0.15) is 0 Å². The molecule has 1 aromatic rings. The van der Waals surface area contributed by atoms with Gasteiger partial charge in [-0.05, 0) is 31.5 Å². The molecular formula is C10H13ClN2. The smallest absolute Gasteiger partial charge is 0.0991 e. The zero-order chi connectivity index (χ0) is 9.19. The minimum atomic E-state index is -0.368. The third-order valence-corrected chi connectivity index (χ3v) is 1.74. The minimum Gasteiger partial charge on any atom is -0.322 e. The van der Waals surface area contributed by atoms with E-state index < -0.39 is 0 Å². The van der Waals surface area contributed by atoms with Gasteiger partial charge in [0.2, 0.25) is 0 Å². The van der Waals surface area contributed by atoms with E-state index in [1.54, 1.807) is 6.07 Å². The predicted octanol–water partition coefficient (Wildman–Crippen LogP) is 2.17. The third-order valence-electron chi connectivity index (χ3n) is 1.74. The van der Waals surface area contributed by atoms with Crippen LogP contribution in [0.15, 0.2) is 24.3 Å². The summed E-state index contributed by atoms with van der Waals surface area (Å²) in [5.41, 5.74) is 7.15. The van der Waals surface area contributed by atoms with Crippen LogP contribution >= 0.6 is 12.4 Å². The van der Waals surface area contributed by atoms with Crippen LogP contribution < -0.4 is 5.73 Å². The normalized spacial score (nSPS) is 10.0. The Labute approximate surface area is 84.8 Å². The van der Waals surface area contributed by atoms with Crippen molar-refractivity contribution < 1.29 is 0 Å². The largest absolute Gasteiger partial charge is 0.322 e. The lowest BCUT2D eigenvalue weighted by atomic mass is 9.94. The van der Waals surface area contributed by atoms with Crippen LogP contribution in [-0.2, 0) is 5.54 Å². The van der Waals surface area contributed by atoms with Gasteiger partial charge in [-0.15, -0.1) is 12.4 Å². The number of benzene rings is 1. The van der Waals surface area contributed by atoms with Crippen LogP contribution in [0.3, 0.4) is 0 Å². The van der Waals surface area contributed by atoms with Crippen molar-refractivity contribution in [2.45, 2.75) is 19.4 Å². The van der Waals surface area contributed by atoms with Gasteiger partial charge >= 0.3 is 0 Å². The van der Waals surface area contributed by atoms with E-state index in [0.717, 1.165) is 5.56 Å². The molecule has 0 heterocycles. The van der Waals surface area contributed by atoms with Crippen molar-refractivity contribution in [3.8, 4) is 6.07 Å². The maximum absolute atomic E-state index is 8.64. The van der Waals surface area contributed by atoms with Gasteiger partial charge < -0.3 is 5.73 Å². The Bertz CT molecular complexity index is 320. The molecule has 0 aliphatic rings. The zero-order valence-electron chi connectivity index (χ0n) is 7.74. The summed E-state index contributed by atoms with van der Waals surface area (Å²) in [7, 11) is 0. The second-order valence-electron chi connectivity index (χ2n) is 3.41. The molecule has 0 radical (unpaired) electrons. The van der Waals surface area contributed by atoms with Gasteiger partial charge in [0.15, 0.2) is 0 Å². The molecule has 0 unspecified atom stereocenters. The molecule has 0 saturated heterocycles. The highest BCUT2D eigenvalue weighted by Gasteiger charge is 2.13. The van der Waals surface area contributed by atoms with Gasteiger partial charge in [0, 0.05) is 5.54 Å². The van der Waals surface area contributed by atoms with Crippen LogP contribution in [0.1, 0.15) is 25.0 Å². The highest BCUT2D eigenvalue weighted by Crippen LogP contribution is 2.17. The van der Waals surface area contributed by atoms with E-state index in [9.17, 15) is 0 Å². The summed E-state index contributed by atoms with van der Waals surface area (Å²) < 4.78 is 0. The van der Waals surface area contributed by atoms with Gasteiger partial charge in [-0.25, -0.2) is 0 Å².